The van der Waals surface area contributed by atoms with Crippen molar-refractivity contribution in [2.24, 2.45) is 0 Å². The van der Waals surface area contributed by atoms with Crippen molar-refractivity contribution < 1.29 is 24.1 Å². The lowest BCUT2D eigenvalue weighted by atomic mass is 10.8. The highest BCUT2D eigenvalue weighted by atomic mass is 16.8. The van der Waals surface area contributed by atoms with Crippen molar-refractivity contribution in [2.45, 2.75) is 0 Å². The molecule has 0 aliphatic heterocycles. The number of rotatable bonds is 4. The number of hydrogen-bond donors (Lipinski definition) is 1. The highest BCUT2D eigenvalue weighted by Gasteiger charge is 2.00. The van der Waals surface area contributed by atoms with Crippen LogP contribution in [0.4, 0.5) is 4.79 Å². The van der Waals surface area contributed by atoms with Gasteiger partial charge in [0, 0.05) is 7.11 Å². The van der Waals surface area contributed by atoms with Crippen LogP contribution >= 0.6 is 0 Å². The molecule has 0 spiro atoms. The Morgan fingerprint density at radius 1 is 1.50 bits per heavy atom. The van der Waals surface area contributed by atoms with E-state index in [1.165, 1.54) is 7.11 Å². The van der Waals surface area contributed by atoms with Crippen LogP contribution in [-0.2, 0) is 14.2 Å². The normalized spacial score (nSPS) is 9.00. The zero-order valence-electron chi connectivity index (χ0n) is 5.70. The maximum atomic E-state index is 10.3. The number of methoxy groups -OCH3 is 1. The fourth-order valence-corrected chi connectivity index (χ4v) is 0.278. The van der Waals surface area contributed by atoms with Crippen molar-refractivity contribution in [3.63, 3.8) is 0 Å². The van der Waals surface area contributed by atoms with E-state index in [-0.39, 0.29) is 20.0 Å². The molecule has 1 N–H and O–H groups in total. The molecule has 0 heterocycles. The Bertz CT molecular complexity index is 82.0. The summed E-state index contributed by atoms with van der Waals surface area (Å²) >= 11 is 0. The lowest BCUT2D eigenvalue weighted by Gasteiger charge is -2.02. The number of hydrogen-bond acceptors (Lipinski definition) is 5. The molecule has 60 valence electrons. The first kappa shape index (κ1) is 9.19. The first-order valence-corrected chi connectivity index (χ1v) is 2.70. The molecule has 0 fully saturated rings. The van der Waals surface area contributed by atoms with Gasteiger partial charge in [-0.1, -0.05) is 0 Å². The molecule has 5 nitrogen and oxygen atoms in total. The summed E-state index contributed by atoms with van der Waals surface area (Å²) < 4.78 is 13.0. The van der Waals surface area contributed by atoms with E-state index in [9.17, 15) is 4.79 Å². The summed E-state index contributed by atoms with van der Waals surface area (Å²) in [5, 5.41) is 8.18. The van der Waals surface area contributed by atoms with Crippen LogP contribution in [-0.4, -0.2) is 38.4 Å². The van der Waals surface area contributed by atoms with Gasteiger partial charge >= 0.3 is 6.16 Å². The third-order valence-corrected chi connectivity index (χ3v) is 0.606. The standard InChI is InChI=1S/C5H10O5/c1-8-4-10-5(7)9-3-2-6/h6H,2-4H2,1H3. The molecule has 0 saturated heterocycles. The maximum absolute atomic E-state index is 10.3. The van der Waals surface area contributed by atoms with Crippen LogP contribution in [0, 0.1) is 0 Å². The van der Waals surface area contributed by atoms with Crippen molar-refractivity contribution in [1.29, 1.82) is 0 Å². The molecular formula is C5H10O5. The van der Waals surface area contributed by atoms with Crippen molar-refractivity contribution in [2.75, 3.05) is 27.1 Å². The molecule has 0 saturated carbocycles. The van der Waals surface area contributed by atoms with Crippen LogP contribution in [0.1, 0.15) is 0 Å². The van der Waals surface area contributed by atoms with Crippen LogP contribution in [0.3, 0.4) is 0 Å². The number of ether oxygens (including phenoxy) is 3. The summed E-state index contributed by atoms with van der Waals surface area (Å²) in [5.74, 6) is 0. The monoisotopic (exact) mass is 150 g/mol. The predicted octanol–water partition coefficient (Wildman–Crippen LogP) is -0.264. The zero-order chi connectivity index (χ0) is 7.82. The van der Waals surface area contributed by atoms with Crippen LogP contribution in [0.2, 0.25) is 0 Å². The fourth-order valence-electron chi connectivity index (χ4n) is 0.278. The number of carbonyl (C=O) groups is 1. The average molecular weight is 150 g/mol. The summed E-state index contributed by atoms with van der Waals surface area (Å²) in [5.41, 5.74) is 0. The van der Waals surface area contributed by atoms with E-state index in [4.69, 9.17) is 5.11 Å². The third kappa shape index (κ3) is 5.33. The smallest absolute Gasteiger partial charge is 0.432 e. The Kier molecular flexibility index (Phi) is 5.80. The Hall–Kier alpha value is -0.810. The number of aliphatic hydroxyl groups excluding tert-OH is 1. The minimum atomic E-state index is -0.837. The molecule has 0 bridgehead atoms. The summed E-state index contributed by atoms with van der Waals surface area (Å²) in [6.45, 7) is -0.394. The van der Waals surface area contributed by atoms with E-state index in [1.807, 2.05) is 0 Å². The van der Waals surface area contributed by atoms with E-state index in [1.54, 1.807) is 0 Å². The van der Waals surface area contributed by atoms with Gasteiger partial charge in [-0.2, -0.15) is 0 Å². The molecule has 0 radical (unpaired) electrons. The minimum Gasteiger partial charge on any atom is -0.432 e. The molecule has 0 aliphatic carbocycles. The molecule has 0 aliphatic rings. The van der Waals surface area contributed by atoms with Gasteiger partial charge in [-0.3, -0.25) is 0 Å². The SMILES string of the molecule is COCOC(=O)OCCO. The molecule has 0 rings (SSSR count). The first-order valence-electron chi connectivity index (χ1n) is 2.70. The molecule has 0 aromatic carbocycles. The van der Waals surface area contributed by atoms with E-state index in [0.29, 0.717) is 0 Å². The quantitative estimate of drug-likeness (QED) is 0.441. The topological polar surface area (TPSA) is 65.0 Å². The van der Waals surface area contributed by atoms with Crippen molar-refractivity contribution in [1.82, 2.24) is 0 Å². The van der Waals surface area contributed by atoms with E-state index in [2.05, 4.69) is 14.2 Å². The summed E-state index contributed by atoms with van der Waals surface area (Å²) in [4.78, 5) is 10.3. The lowest BCUT2D eigenvalue weighted by Crippen LogP contribution is -2.11. The zero-order valence-corrected chi connectivity index (χ0v) is 5.70. The maximum Gasteiger partial charge on any atom is 0.510 e. The highest BCUT2D eigenvalue weighted by molar-refractivity contribution is 5.59. The van der Waals surface area contributed by atoms with Gasteiger partial charge in [-0.15, -0.1) is 0 Å². The molecular weight excluding hydrogens is 140 g/mol. The van der Waals surface area contributed by atoms with Gasteiger partial charge in [0.2, 0.25) is 0 Å². The summed E-state index contributed by atoms with van der Waals surface area (Å²) in [6.07, 6.45) is -0.837. The minimum absolute atomic E-state index is 0.0530. The second kappa shape index (κ2) is 6.31. The number of carbonyl (C=O) groups excluding carboxylic acids is 1. The summed E-state index contributed by atoms with van der Waals surface area (Å²) in [6, 6.07) is 0. The van der Waals surface area contributed by atoms with Crippen LogP contribution in [0.15, 0.2) is 0 Å². The molecule has 5 heteroatoms. The van der Waals surface area contributed by atoms with Crippen molar-refractivity contribution in [3.8, 4) is 0 Å². The van der Waals surface area contributed by atoms with Gasteiger partial charge in [0.15, 0.2) is 6.79 Å². The van der Waals surface area contributed by atoms with Gasteiger partial charge < -0.3 is 19.3 Å². The highest BCUT2D eigenvalue weighted by Crippen LogP contribution is 1.83. The van der Waals surface area contributed by atoms with E-state index >= 15 is 0 Å². The van der Waals surface area contributed by atoms with Gasteiger partial charge in [0.1, 0.15) is 6.61 Å². The van der Waals surface area contributed by atoms with Gasteiger partial charge in [0.25, 0.3) is 0 Å². The molecule has 0 aromatic rings. The average Bonchev–Trinajstić information content (AvgIpc) is 1.97. The molecule has 0 aromatic heterocycles. The Morgan fingerprint density at radius 3 is 2.70 bits per heavy atom. The van der Waals surface area contributed by atoms with Crippen LogP contribution in [0.25, 0.3) is 0 Å². The van der Waals surface area contributed by atoms with Gasteiger partial charge in [-0.25, -0.2) is 4.79 Å². The molecule has 10 heavy (non-hydrogen) atoms. The lowest BCUT2D eigenvalue weighted by molar-refractivity contribution is -0.0295. The van der Waals surface area contributed by atoms with Crippen molar-refractivity contribution >= 4 is 6.16 Å². The predicted molar refractivity (Wildman–Crippen MR) is 31.4 cm³/mol. The van der Waals surface area contributed by atoms with E-state index < -0.39 is 6.16 Å². The molecule has 0 amide bonds. The molecule has 0 atom stereocenters. The second-order valence-electron chi connectivity index (χ2n) is 1.37. The van der Waals surface area contributed by atoms with Crippen molar-refractivity contribution in [3.05, 3.63) is 0 Å². The van der Waals surface area contributed by atoms with Gasteiger partial charge in [0.05, 0.1) is 6.61 Å². The Balaban J connectivity index is 3.09. The Labute approximate surface area is 58.5 Å². The second-order valence-corrected chi connectivity index (χ2v) is 1.37. The fraction of sp³-hybridized carbons (Fsp3) is 0.800. The van der Waals surface area contributed by atoms with Crippen LogP contribution < -0.4 is 0 Å². The molecule has 0 unspecified atom stereocenters. The Morgan fingerprint density at radius 2 is 2.20 bits per heavy atom. The number of aliphatic hydroxyl groups is 1. The van der Waals surface area contributed by atoms with E-state index in [0.717, 1.165) is 0 Å². The summed E-state index contributed by atoms with van der Waals surface area (Å²) in [7, 11) is 1.39. The van der Waals surface area contributed by atoms with Gasteiger partial charge in [-0.05, 0) is 0 Å². The van der Waals surface area contributed by atoms with Crippen LogP contribution in [0.5, 0.6) is 0 Å². The largest absolute Gasteiger partial charge is 0.510 e. The first-order chi connectivity index (χ1) is 4.81. The third-order valence-electron chi connectivity index (χ3n) is 0.606.